The van der Waals surface area contributed by atoms with Crippen molar-refractivity contribution in [2.45, 2.75) is 12.5 Å². The molecular formula is C16H11Cl2FN2O2. The van der Waals surface area contributed by atoms with Crippen molar-refractivity contribution >= 4 is 46.4 Å². The highest BCUT2D eigenvalue weighted by Crippen LogP contribution is 2.29. The first-order chi connectivity index (χ1) is 11.0. The molecule has 1 aliphatic rings. The third-order valence-corrected chi connectivity index (χ3v) is 4.24. The van der Waals surface area contributed by atoms with Gasteiger partial charge in [0.25, 0.3) is 5.91 Å². The Bertz CT molecular complexity index is 797. The molecule has 0 spiro atoms. The van der Waals surface area contributed by atoms with Gasteiger partial charge >= 0.3 is 0 Å². The van der Waals surface area contributed by atoms with E-state index in [2.05, 4.69) is 5.32 Å². The molecule has 0 bridgehead atoms. The van der Waals surface area contributed by atoms with E-state index in [4.69, 9.17) is 23.2 Å². The highest BCUT2D eigenvalue weighted by atomic mass is 35.5. The van der Waals surface area contributed by atoms with Gasteiger partial charge < -0.3 is 5.32 Å². The summed E-state index contributed by atoms with van der Waals surface area (Å²) in [7, 11) is 0. The highest BCUT2D eigenvalue weighted by Gasteiger charge is 2.40. The van der Waals surface area contributed by atoms with Crippen molar-refractivity contribution in [3.63, 3.8) is 0 Å². The maximum Gasteiger partial charge on any atom is 0.256 e. The van der Waals surface area contributed by atoms with E-state index >= 15 is 0 Å². The van der Waals surface area contributed by atoms with Gasteiger partial charge in [-0.1, -0.05) is 35.3 Å². The predicted octanol–water partition coefficient (Wildman–Crippen LogP) is 3.88. The van der Waals surface area contributed by atoms with Crippen molar-refractivity contribution in [3.05, 3.63) is 58.3 Å². The second-order valence-electron chi connectivity index (χ2n) is 5.05. The Morgan fingerprint density at radius 2 is 1.83 bits per heavy atom. The minimum Gasteiger partial charge on any atom is -0.373 e. The fraction of sp³-hybridized carbons (Fsp3) is 0.125. The average molecular weight is 353 g/mol. The maximum atomic E-state index is 13.8. The van der Waals surface area contributed by atoms with Gasteiger partial charge in [0, 0.05) is 5.69 Å². The lowest BCUT2D eigenvalue weighted by Gasteiger charge is -2.16. The Morgan fingerprint density at radius 1 is 1.09 bits per heavy atom. The molecule has 23 heavy (non-hydrogen) atoms. The van der Waals surface area contributed by atoms with Crippen LogP contribution in [0, 0.1) is 5.82 Å². The Hall–Kier alpha value is -2.11. The van der Waals surface area contributed by atoms with Crippen molar-refractivity contribution < 1.29 is 14.0 Å². The monoisotopic (exact) mass is 352 g/mol. The van der Waals surface area contributed by atoms with Crippen molar-refractivity contribution in [3.8, 4) is 0 Å². The molecule has 1 unspecified atom stereocenters. The van der Waals surface area contributed by atoms with Crippen LogP contribution >= 0.6 is 23.2 Å². The first-order valence-corrected chi connectivity index (χ1v) is 7.56. The molecule has 2 aromatic rings. The van der Waals surface area contributed by atoms with Crippen LogP contribution in [0.15, 0.2) is 42.5 Å². The summed E-state index contributed by atoms with van der Waals surface area (Å²) in [6.07, 6.45) is -0.0621. The molecule has 0 aromatic heterocycles. The molecule has 4 nitrogen and oxygen atoms in total. The number of nitrogens with zero attached hydrogens (tertiary/aromatic N) is 1. The van der Waals surface area contributed by atoms with Gasteiger partial charge in [-0.2, -0.15) is 0 Å². The molecule has 2 amide bonds. The molecule has 1 heterocycles. The molecule has 0 aliphatic carbocycles. The molecule has 118 valence electrons. The van der Waals surface area contributed by atoms with Crippen LogP contribution in [0.5, 0.6) is 0 Å². The smallest absolute Gasteiger partial charge is 0.256 e. The van der Waals surface area contributed by atoms with E-state index in [1.165, 1.54) is 18.2 Å². The number of para-hydroxylation sites is 1. The van der Waals surface area contributed by atoms with Crippen LogP contribution in [0.1, 0.15) is 6.42 Å². The van der Waals surface area contributed by atoms with Crippen LogP contribution in [0.3, 0.4) is 0 Å². The van der Waals surface area contributed by atoms with Gasteiger partial charge in [-0.25, -0.2) is 9.29 Å². The summed E-state index contributed by atoms with van der Waals surface area (Å²) in [5, 5.41) is 3.65. The normalized spacial score (nSPS) is 17.7. The molecule has 7 heteroatoms. The zero-order valence-electron chi connectivity index (χ0n) is 11.7. The van der Waals surface area contributed by atoms with Gasteiger partial charge in [-0.3, -0.25) is 9.59 Å². The van der Waals surface area contributed by atoms with E-state index in [1.807, 2.05) is 0 Å². The van der Waals surface area contributed by atoms with Crippen LogP contribution in [0.4, 0.5) is 15.8 Å². The molecule has 3 rings (SSSR count). The lowest BCUT2D eigenvalue weighted by atomic mass is 10.2. The zero-order chi connectivity index (χ0) is 16.6. The van der Waals surface area contributed by atoms with E-state index in [0.717, 1.165) is 4.90 Å². The minimum absolute atomic E-state index is 0.0408. The summed E-state index contributed by atoms with van der Waals surface area (Å²) in [6, 6.07) is 9.68. The van der Waals surface area contributed by atoms with Crippen LogP contribution in [-0.2, 0) is 9.59 Å². The average Bonchev–Trinajstić information content (AvgIpc) is 2.78. The fourth-order valence-electron chi connectivity index (χ4n) is 2.42. The maximum absolute atomic E-state index is 13.8. The lowest BCUT2D eigenvalue weighted by Crippen LogP contribution is -2.35. The number of amides is 2. The summed E-state index contributed by atoms with van der Waals surface area (Å²) >= 11 is 11.8. The van der Waals surface area contributed by atoms with E-state index in [-0.39, 0.29) is 12.1 Å². The molecular weight excluding hydrogens is 342 g/mol. The number of imide groups is 1. The second-order valence-corrected chi connectivity index (χ2v) is 5.86. The molecule has 1 fully saturated rings. The Morgan fingerprint density at radius 3 is 2.52 bits per heavy atom. The standard InChI is InChI=1S/C16H11Cl2FN2O2/c17-10-6-5-9(7-11(10)18)20-13-8-15(22)21(16(13)23)14-4-2-1-3-12(14)19/h1-7,13,20H,8H2. The van der Waals surface area contributed by atoms with Crippen molar-refractivity contribution in [2.75, 3.05) is 10.2 Å². The molecule has 1 atom stereocenters. The molecule has 2 aromatic carbocycles. The van der Waals surface area contributed by atoms with Crippen LogP contribution in [0.2, 0.25) is 10.0 Å². The fourth-order valence-corrected chi connectivity index (χ4v) is 2.72. The number of halogens is 3. The zero-order valence-corrected chi connectivity index (χ0v) is 13.2. The topological polar surface area (TPSA) is 49.4 Å². The summed E-state index contributed by atoms with van der Waals surface area (Å²) in [5.41, 5.74) is 0.516. The van der Waals surface area contributed by atoms with Gasteiger partial charge in [0.15, 0.2) is 0 Å². The molecule has 0 saturated carbocycles. The Kier molecular flexibility index (Phi) is 4.24. The Balaban J connectivity index is 1.84. The number of rotatable bonds is 3. The molecule has 0 radical (unpaired) electrons. The van der Waals surface area contributed by atoms with Gasteiger partial charge in [0.2, 0.25) is 5.91 Å². The first-order valence-electron chi connectivity index (χ1n) is 6.80. The summed E-state index contributed by atoms with van der Waals surface area (Å²) in [6.45, 7) is 0. The highest BCUT2D eigenvalue weighted by molar-refractivity contribution is 6.42. The number of carbonyl (C=O) groups excluding carboxylic acids is 2. The lowest BCUT2D eigenvalue weighted by molar-refractivity contribution is -0.121. The number of carbonyl (C=O) groups is 2. The van der Waals surface area contributed by atoms with Crippen molar-refractivity contribution in [2.24, 2.45) is 0 Å². The molecule has 1 aliphatic heterocycles. The summed E-state index contributed by atoms with van der Waals surface area (Å²) < 4.78 is 13.8. The van der Waals surface area contributed by atoms with Gasteiger partial charge in [0.05, 0.1) is 22.2 Å². The number of benzene rings is 2. The van der Waals surface area contributed by atoms with Crippen molar-refractivity contribution in [1.82, 2.24) is 0 Å². The SMILES string of the molecule is O=C1CC(Nc2ccc(Cl)c(Cl)c2)C(=O)N1c1ccccc1F. The van der Waals surface area contributed by atoms with E-state index in [9.17, 15) is 14.0 Å². The largest absolute Gasteiger partial charge is 0.373 e. The third kappa shape index (κ3) is 3.02. The Labute approximate surface area is 141 Å². The predicted molar refractivity (Wildman–Crippen MR) is 87.4 cm³/mol. The molecule has 1 N–H and O–H groups in total. The van der Waals surface area contributed by atoms with E-state index < -0.39 is 23.7 Å². The third-order valence-electron chi connectivity index (χ3n) is 3.50. The van der Waals surface area contributed by atoms with Crippen LogP contribution in [0.25, 0.3) is 0 Å². The summed E-state index contributed by atoms with van der Waals surface area (Å²) in [4.78, 5) is 25.4. The summed E-state index contributed by atoms with van der Waals surface area (Å²) in [5.74, 6) is -1.59. The van der Waals surface area contributed by atoms with Crippen LogP contribution < -0.4 is 10.2 Å². The molecule has 1 saturated heterocycles. The minimum atomic E-state index is -0.778. The number of hydrogen-bond donors (Lipinski definition) is 1. The van der Waals surface area contributed by atoms with Crippen LogP contribution in [-0.4, -0.2) is 17.9 Å². The van der Waals surface area contributed by atoms with Gasteiger partial charge in [-0.15, -0.1) is 0 Å². The quantitative estimate of drug-likeness (QED) is 0.852. The number of hydrogen-bond acceptors (Lipinski definition) is 3. The second kappa shape index (κ2) is 6.18. The number of nitrogens with one attached hydrogen (secondary N) is 1. The first kappa shape index (κ1) is 15.8. The van der Waals surface area contributed by atoms with Crippen molar-refractivity contribution in [1.29, 1.82) is 0 Å². The van der Waals surface area contributed by atoms with Gasteiger partial charge in [0.1, 0.15) is 11.9 Å². The van der Waals surface area contributed by atoms with E-state index in [1.54, 1.807) is 24.3 Å². The van der Waals surface area contributed by atoms with Gasteiger partial charge in [-0.05, 0) is 30.3 Å². The number of anilines is 2. The van der Waals surface area contributed by atoms with E-state index in [0.29, 0.717) is 15.7 Å².